The van der Waals surface area contributed by atoms with Gasteiger partial charge in [-0.3, -0.25) is 19.7 Å². The molecule has 0 aromatic heterocycles. The first-order valence-electron chi connectivity index (χ1n) is 12.2. The highest BCUT2D eigenvalue weighted by Gasteiger charge is 2.29. The van der Waals surface area contributed by atoms with E-state index in [1.54, 1.807) is 17.6 Å². The number of carbonyl (C=O) groups excluding carboxylic acids is 1. The Morgan fingerprint density at radius 1 is 1.03 bits per heavy atom. The standard InChI is InChI=1S/C28H28BrClN2O6/c29-27-19(9-6-10-21(27)18-7-2-1-3-8-18)16-37-25-14-24(38-17-26(33)31-36)20(13-22(25)30)15-32-12-5-4-11-23(32)28(34)35/h1-3,6-10,13-14,23,36H,4-5,11-12,15-17H2,(H,31,33)(H,34,35)/t23-/m0/s1. The van der Waals surface area contributed by atoms with Crippen molar-refractivity contribution < 1.29 is 29.4 Å². The highest BCUT2D eigenvalue weighted by atomic mass is 79.9. The Labute approximate surface area is 234 Å². The minimum atomic E-state index is -0.874. The molecule has 200 valence electrons. The Hall–Kier alpha value is -3.11. The predicted molar refractivity (Wildman–Crippen MR) is 146 cm³/mol. The van der Waals surface area contributed by atoms with Gasteiger partial charge in [-0.2, -0.15) is 0 Å². The van der Waals surface area contributed by atoms with Crippen LogP contribution >= 0.6 is 27.5 Å². The van der Waals surface area contributed by atoms with Crippen molar-refractivity contribution in [1.82, 2.24) is 10.4 Å². The van der Waals surface area contributed by atoms with Crippen LogP contribution in [0.3, 0.4) is 0 Å². The highest BCUT2D eigenvalue weighted by molar-refractivity contribution is 9.10. The summed E-state index contributed by atoms with van der Waals surface area (Å²) < 4.78 is 12.7. The Balaban J connectivity index is 1.58. The van der Waals surface area contributed by atoms with Crippen LogP contribution in [0, 0.1) is 0 Å². The van der Waals surface area contributed by atoms with Crippen LogP contribution in [0.2, 0.25) is 5.02 Å². The Bertz CT molecular complexity index is 1290. The Kier molecular flexibility index (Phi) is 9.63. The summed E-state index contributed by atoms with van der Waals surface area (Å²) in [5, 5.41) is 18.9. The lowest BCUT2D eigenvalue weighted by atomic mass is 10.0. The number of rotatable bonds is 10. The fourth-order valence-electron chi connectivity index (χ4n) is 4.49. The van der Waals surface area contributed by atoms with E-state index >= 15 is 0 Å². The maximum Gasteiger partial charge on any atom is 0.320 e. The normalized spacial score (nSPS) is 15.6. The van der Waals surface area contributed by atoms with Crippen LogP contribution in [0.25, 0.3) is 11.1 Å². The topological polar surface area (TPSA) is 108 Å². The number of hydroxylamine groups is 1. The molecule has 0 spiro atoms. The van der Waals surface area contributed by atoms with E-state index in [-0.39, 0.29) is 13.2 Å². The molecule has 0 aliphatic carbocycles. The summed E-state index contributed by atoms with van der Waals surface area (Å²) in [4.78, 5) is 25.3. The third kappa shape index (κ3) is 6.85. The van der Waals surface area contributed by atoms with Crippen LogP contribution in [0.1, 0.15) is 30.4 Å². The summed E-state index contributed by atoms with van der Waals surface area (Å²) in [6, 6.07) is 18.6. The lowest BCUT2D eigenvalue weighted by Gasteiger charge is -2.33. The third-order valence-electron chi connectivity index (χ3n) is 6.42. The second-order valence-electron chi connectivity index (χ2n) is 8.97. The van der Waals surface area contributed by atoms with Crippen molar-refractivity contribution in [2.75, 3.05) is 13.2 Å². The lowest BCUT2D eigenvalue weighted by molar-refractivity contribution is -0.144. The average Bonchev–Trinajstić information content (AvgIpc) is 2.93. The molecule has 3 aromatic rings. The van der Waals surface area contributed by atoms with Gasteiger partial charge in [0.1, 0.15) is 24.1 Å². The predicted octanol–water partition coefficient (Wildman–Crippen LogP) is 5.67. The summed E-state index contributed by atoms with van der Waals surface area (Å²) in [6.07, 6.45) is 2.30. The molecule has 1 heterocycles. The van der Waals surface area contributed by atoms with Gasteiger partial charge in [0, 0.05) is 28.2 Å². The molecule has 3 aromatic carbocycles. The lowest BCUT2D eigenvalue weighted by Crippen LogP contribution is -2.44. The smallest absolute Gasteiger partial charge is 0.320 e. The maximum atomic E-state index is 11.8. The first-order valence-corrected chi connectivity index (χ1v) is 13.3. The number of ether oxygens (including phenoxy) is 2. The first-order chi connectivity index (χ1) is 18.4. The van der Waals surface area contributed by atoms with E-state index in [0.29, 0.717) is 35.1 Å². The van der Waals surface area contributed by atoms with Crippen molar-refractivity contribution in [2.24, 2.45) is 0 Å². The SMILES string of the molecule is O=C(COc1cc(OCc2cccc(-c3ccccc3)c2Br)c(Cl)cc1CN1CCCC[C@H]1C(=O)O)NO. The van der Waals surface area contributed by atoms with Crippen LogP contribution < -0.4 is 15.0 Å². The van der Waals surface area contributed by atoms with Gasteiger partial charge in [-0.1, -0.05) is 66.6 Å². The van der Waals surface area contributed by atoms with Crippen molar-refractivity contribution in [3.8, 4) is 22.6 Å². The van der Waals surface area contributed by atoms with Gasteiger partial charge in [0.15, 0.2) is 6.61 Å². The number of halogens is 2. The van der Waals surface area contributed by atoms with E-state index in [9.17, 15) is 14.7 Å². The number of aliphatic carboxylic acids is 1. The number of piperidine rings is 1. The Morgan fingerprint density at radius 2 is 1.82 bits per heavy atom. The molecule has 1 aliphatic rings. The molecule has 0 bridgehead atoms. The molecule has 1 fully saturated rings. The zero-order valence-electron chi connectivity index (χ0n) is 20.5. The minimum Gasteiger partial charge on any atom is -0.487 e. The summed E-state index contributed by atoms with van der Waals surface area (Å²) in [5.74, 6) is -0.933. The summed E-state index contributed by atoms with van der Waals surface area (Å²) in [5.41, 5.74) is 5.17. The number of likely N-dealkylation sites (tertiary alicyclic amines) is 1. The summed E-state index contributed by atoms with van der Waals surface area (Å²) >= 11 is 10.3. The summed E-state index contributed by atoms with van der Waals surface area (Å²) in [7, 11) is 0. The molecule has 1 atom stereocenters. The highest BCUT2D eigenvalue weighted by Crippen LogP contribution is 2.37. The van der Waals surface area contributed by atoms with Crippen molar-refractivity contribution in [3.05, 3.63) is 81.3 Å². The van der Waals surface area contributed by atoms with Gasteiger partial charge in [0.05, 0.1) is 5.02 Å². The molecular weight excluding hydrogens is 576 g/mol. The molecule has 4 rings (SSSR count). The zero-order valence-corrected chi connectivity index (χ0v) is 22.9. The number of hydrogen-bond donors (Lipinski definition) is 3. The molecule has 38 heavy (non-hydrogen) atoms. The van der Waals surface area contributed by atoms with Crippen LogP contribution in [0.15, 0.2) is 65.1 Å². The molecule has 10 heteroatoms. The van der Waals surface area contributed by atoms with Crippen LogP contribution in [0.5, 0.6) is 11.5 Å². The molecule has 1 aliphatic heterocycles. The monoisotopic (exact) mass is 602 g/mol. The van der Waals surface area contributed by atoms with Crippen molar-refractivity contribution in [2.45, 2.75) is 38.5 Å². The number of carbonyl (C=O) groups is 2. The second-order valence-corrected chi connectivity index (χ2v) is 10.2. The number of amides is 1. The molecular formula is C28H28BrClN2O6. The quantitative estimate of drug-likeness (QED) is 0.202. The number of benzene rings is 3. The van der Waals surface area contributed by atoms with Gasteiger partial charge in [-0.05, 0) is 52.5 Å². The first kappa shape index (κ1) is 27.9. The number of hydrogen-bond acceptors (Lipinski definition) is 6. The fraction of sp³-hybridized carbons (Fsp3) is 0.286. The van der Waals surface area contributed by atoms with E-state index in [0.717, 1.165) is 34.0 Å². The van der Waals surface area contributed by atoms with Crippen molar-refractivity contribution >= 4 is 39.4 Å². The minimum absolute atomic E-state index is 0.212. The second kappa shape index (κ2) is 13.1. The fourth-order valence-corrected chi connectivity index (χ4v) is 5.33. The number of carboxylic acid groups (broad SMARTS) is 1. The van der Waals surface area contributed by atoms with E-state index in [1.807, 2.05) is 53.4 Å². The molecule has 1 amide bonds. The van der Waals surface area contributed by atoms with Crippen LogP contribution in [-0.2, 0) is 22.7 Å². The molecule has 0 radical (unpaired) electrons. The van der Waals surface area contributed by atoms with Gasteiger partial charge < -0.3 is 14.6 Å². The molecule has 8 nitrogen and oxygen atoms in total. The van der Waals surface area contributed by atoms with Gasteiger partial charge in [-0.15, -0.1) is 0 Å². The average molecular weight is 604 g/mol. The Morgan fingerprint density at radius 3 is 2.55 bits per heavy atom. The van der Waals surface area contributed by atoms with Gasteiger partial charge >= 0.3 is 5.97 Å². The molecule has 1 saturated heterocycles. The van der Waals surface area contributed by atoms with Gasteiger partial charge in [0.25, 0.3) is 5.91 Å². The van der Waals surface area contributed by atoms with Gasteiger partial charge in [0.2, 0.25) is 0 Å². The maximum absolute atomic E-state index is 11.8. The van der Waals surface area contributed by atoms with Crippen LogP contribution in [0.4, 0.5) is 0 Å². The summed E-state index contributed by atoms with van der Waals surface area (Å²) in [6.45, 7) is 0.675. The van der Waals surface area contributed by atoms with Crippen molar-refractivity contribution in [1.29, 1.82) is 0 Å². The van der Waals surface area contributed by atoms with E-state index in [1.165, 1.54) is 0 Å². The van der Waals surface area contributed by atoms with E-state index in [4.69, 9.17) is 26.3 Å². The van der Waals surface area contributed by atoms with Crippen molar-refractivity contribution in [3.63, 3.8) is 0 Å². The number of nitrogens with one attached hydrogen (secondary N) is 1. The van der Waals surface area contributed by atoms with Gasteiger partial charge in [-0.25, -0.2) is 5.48 Å². The molecule has 0 saturated carbocycles. The third-order valence-corrected chi connectivity index (χ3v) is 7.65. The molecule has 3 N–H and O–H groups in total. The van der Waals surface area contributed by atoms with Crippen LogP contribution in [-0.4, -0.2) is 46.3 Å². The van der Waals surface area contributed by atoms with E-state index < -0.39 is 24.5 Å². The van der Waals surface area contributed by atoms with E-state index in [2.05, 4.69) is 15.9 Å². The number of carboxylic acids is 1. The number of nitrogens with zero attached hydrogens (tertiary/aromatic N) is 1. The zero-order chi connectivity index (χ0) is 27.1. The largest absolute Gasteiger partial charge is 0.487 e. The molecule has 0 unspecified atom stereocenters.